The molecule has 5 nitrogen and oxygen atoms in total. The first-order valence-electron chi connectivity index (χ1n) is 10.0. The van der Waals surface area contributed by atoms with Gasteiger partial charge in [0.2, 0.25) is 0 Å². The van der Waals surface area contributed by atoms with Gasteiger partial charge in [-0.25, -0.2) is 4.79 Å². The minimum atomic E-state index is -1.08. The highest BCUT2D eigenvalue weighted by molar-refractivity contribution is 6.33. The first kappa shape index (κ1) is 21.9. The number of aliphatic carboxylic acids is 1. The van der Waals surface area contributed by atoms with E-state index in [4.69, 9.17) is 23.2 Å². The van der Waals surface area contributed by atoms with Crippen molar-refractivity contribution >= 4 is 35.1 Å². The van der Waals surface area contributed by atoms with E-state index in [0.29, 0.717) is 34.0 Å². The molecule has 1 fully saturated rings. The highest BCUT2D eigenvalue weighted by Gasteiger charge is 2.43. The Labute approximate surface area is 195 Å². The number of hydrogen-bond donors (Lipinski definition) is 1. The maximum Gasteiger partial charge on any atom is 0.326 e. The van der Waals surface area contributed by atoms with E-state index in [2.05, 4.69) is 6.07 Å². The number of hydrogen-bond acceptors (Lipinski definition) is 3. The van der Waals surface area contributed by atoms with Gasteiger partial charge < -0.3 is 10.0 Å². The van der Waals surface area contributed by atoms with E-state index in [9.17, 15) is 20.0 Å². The van der Waals surface area contributed by atoms with Gasteiger partial charge in [-0.2, -0.15) is 5.26 Å². The molecule has 1 amide bonds. The van der Waals surface area contributed by atoms with Gasteiger partial charge in [-0.15, -0.1) is 0 Å². The summed E-state index contributed by atoms with van der Waals surface area (Å²) in [5.74, 6) is -1.60. The van der Waals surface area contributed by atoms with Crippen molar-refractivity contribution in [3.05, 3.63) is 93.5 Å². The molecule has 7 heteroatoms. The standard InChI is InChI=1S/C25H18Cl2N2O3/c26-20-7-3-1-5-17(20)15-9-10-18(16(13-15)14-28)24(30)29-22(11-12-23(29)25(31)32)19-6-2-4-8-21(19)27/h1-10,13,22-23H,11-12H2,(H,31,32)/t22-,23+/m1/s1. The second-order valence-corrected chi connectivity index (χ2v) is 8.35. The van der Waals surface area contributed by atoms with E-state index >= 15 is 0 Å². The number of carboxylic acids is 1. The zero-order valence-electron chi connectivity index (χ0n) is 16.8. The van der Waals surface area contributed by atoms with Crippen molar-refractivity contribution in [1.82, 2.24) is 4.90 Å². The van der Waals surface area contributed by atoms with Crippen LogP contribution in [0.1, 0.15) is 40.4 Å². The van der Waals surface area contributed by atoms with Gasteiger partial charge in [-0.1, -0.05) is 65.7 Å². The van der Waals surface area contributed by atoms with E-state index in [1.807, 2.05) is 18.2 Å². The van der Waals surface area contributed by atoms with Crippen molar-refractivity contribution in [2.24, 2.45) is 0 Å². The summed E-state index contributed by atoms with van der Waals surface area (Å²) in [6, 6.07) is 19.8. The van der Waals surface area contributed by atoms with Crippen LogP contribution in [0.25, 0.3) is 11.1 Å². The summed E-state index contributed by atoms with van der Waals surface area (Å²) in [7, 11) is 0. The van der Waals surface area contributed by atoms with Crippen molar-refractivity contribution in [3.63, 3.8) is 0 Å². The minimum Gasteiger partial charge on any atom is -0.480 e. The summed E-state index contributed by atoms with van der Waals surface area (Å²) in [6.07, 6.45) is 0.766. The number of amides is 1. The second kappa shape index (κ2) is 9.04. The average molecular weight is 465 g/mol. The van der Waals surface area contributed by atoms with Gasteiger partial charge in [-0.3, -0.25) is 4.79 Å². The molecule has 1 saturated heterocycles. The minimum absolute atomic E-state index is 0.147. The van der Waals surface area contributed by atoms with Crippen LogP contribution < -0.4 is 0 Å². The fourth-order valence-electron chi connectivity index (χ4n) is 4.21. The maximum atomic E-state index is 13.6. The van der Waals surface area contributed by atoms with E-state index in [1.54, 1.807) is 48.5 Å². The number of carbonyl (C=O) groups is 2. The second-order valence-electron chi connectivity index (χ2n) is 7.53. The topological polar surface area (TPSA) is 81.4 Å². The summed E-state index contributed by atoms with van der Waals surface area (Å²) in [5.41, 5.74) is 2.43. The van der Waals surface area contributed by atoms with Gasteiger partial charge in [0.15, 0.2) is 0 Å². The smallest absolute Gasteiger partial charge is 0.326 e. The molecule has 1 aliphatic heterocycles. The van der Waals surface area contributed by atoms with Crippen LogP contribution in [0.5, 0.6) is 0 Å². The fraction of sp³-hybridized carbons (Fsp3) is 0.160. The summed E-state index contributed by atoms with van der Waals surface area (Å²) >= 11 is 12.6. The van der Waals surface area contributed by atoms with E-state index in [0.717, 1.165) is 5.56 Å². The van der Waals surface area contributed by atoms with E-state index < -0.39 is 24.0 Å². The van der Waals surface area contributed by atoms with Crippen molar-refractivity contribution < 1.29 is 14.7 Å². The molecular formula is C25H18Cl2N2O3. The molecule has 0 aliphatic carbocycles. The molecule has 0 radical (unpaired) electrons. The predicted molar refractivity (Wildman–Crippen MR) is 123 cm³/mol. The Kier molecular flexibility index (Phi) is 6.18. The molecule has 3 aromatic rings. The number of nitrogens with zero attached hydrogens (tertiary/aromatic N) is 2. The number of likely N-dealkylation sites (tertiary alicyclic amines) is 1. The van der Waals surface area contributed by atoms with Crippen LogP contribution in [0.4, 0.5) is 0 Å². The van der Waals surface area contributed by atoms with Crippen LogP contribution in [-0.4, -0.2) is 27.9 Å². The number of halogens is 2. The van der Waals surface area contributed by atoms with E-state index in [-0.39, 0.29) is 11.1 Å². The molecule has 0 saturated carbocycles. The van der Waals surface area contributed by atoms with Crippen molar-refractivity contribution in [1.29, 1.82) is 5.26 Å². The normalized spacial score (nSPS) is 17.7. The quantitative estimate of drug-likeness (QED) is 0.515. The van der Waals surface area contributed by atoms with Crippen molar-refractivity contribution in [2.75, 3.05) is 0 Å². The molecule has 1 N–H and O–H groups in total. The van der Waals surface area contributed by atoms with Crippen molar-refractivity contribution in [2.45, 2.75) is 24.9 Å². The Hall–Kier alpha value is -3.33. The Morgan fingerprint density at radius 3 is 2.31 bits per heavy atom. The molecule has 0 bridgehead atoms. The maximum absolute atomic E-state index is 13.6. The molecule has 0 unspecified atom stereocenters. The summed E-state index contributed by atoms with van der Waals surface area (Å²) in [4.78, 5) is 26.9. The Morgan fingerprint density at radius 1 is 0.969 bits per heavy atom. The molecule has 0 spiro atoms. The first-order valence-corrected chi connectivity index (χ1v) is 10.8. The molecule has 2 atom stereocenters. The number of carbonyl (C=O) groups excluding carboxylic acids is 1. The molecule has 3 aromatic carbocycles. The SMILES string of the molecule is N#Cc1cc(-c2ccccc2Cl)ccc1C(=O)N1[C@@H](c2ccccc2Cl)CC[C@H]1C(=O)O. The Morgan fingerprint density at radius 2 is 1.66 bits per heavy atom. The highest BCUT2D eigenvalue weighted by Crippen LogP contribution is 2.40. The largest absolute Gasteiger partial charge is 0.480 e. The van der Waals surface area contributed by atoms with Gasteiger partial charge in [0.1, 0.15) is 6.04 Å². The zero-order valence-corrected chi connectivity index (χ0v) is 18.3. The van der Waals surface area contributed by atoms with Crippen LogP contribution in [0.2, 0.25) is 10.0 Å². The Bertz CT molecular complexity index is 1250. The molecule has 32 heavy (non-hydrogen) atoms. The molecule has 160 valence electrons. The number of carboxylic acid groups (broad SMARTS) is 1. The van der Waals surface area contributed by atoms with Crippen LogP contribution >= 0.6 is 23.2 Å². The lowest BCUT2D eigenvalue weighted by atomic mass is 9.98. The van der Waals surface area contributed by atoms with Crippen LogP contribution in [-0.2, 0) is 4.79 Å². The zero-order chi connectivity index (χ0) is 22.8. The molecular weight excluding hydrogens is 447 g/mol. The molecule has 1 heterocycles. The molecule has 0 aromatic heterocycles. The lowest BCUT2D eigenvalue weighted by Crippen LogP contribution is -2.42. The van der Waals surface area contributed by atoms with Crippen LogP contribution in [0, 0.1) is 11.3 Å². The summed E-state index contributed by atoms with van der Waals surface area (Å²) in [6.45, 7) is 0. The fourth-order valence-corrected chi connectivity index (χ4v) is 4.72. The molecule has 1 aliphatic rings. The van der Waals surface area contributed by atoms with E-state index in [1.165, 1.54) is 4.90 Å². The first-order chi connectivity index (χ1) is 15.4. The predicted octanol–water partition coefficient (Wildman–Crippen LogP) is 5.96. The summed E-state index contributed by atoms with van der Waals surface area (Å²) in [5, 5.41) is 20.5. The van der Waals surface area contributed by atoms with Gasteiger partial charge in [0.05, 0.1) is 23.2 Å². The lowest BCUT2D eigenvalue weighted by molar-refractivity contribution is -0.141. The number of nitriles is 1. The van der Waals surface area contributed by atoms with Gasteiger partial charge in [0, 0.05) is 15.6 Å². The van der Waals surface area contributed by atoms with Gasteiger partial charge in [0.25, 0.3) is 5.91 Å². The van der Waals surface area contributed by atoms with Crippen molar-refractivity contribution in [3.8, 4) is 17.2 Å². The van der Waals surface area contributed by atoms with Gasteiger partial charge in [-0.05, 0) is 48.2 Å². The van der Waals surface area contributed by atoms with Crippen LogP contribution in [0.3, 0.4) is 0 Å². The third kappa shape index (κ3) is 3.95. The summed E-state index contributed by atoms with van der Waals surface area (Å²) < 4.78 is 0. The molecule has 4 rings (SSSR count). The van der Waals surface area contributed by atoms with Crippen LogP contribution in [0.15, 0.2) is 66.7 Å². The third-order valence-electron chi connectivity index (χ3n) is 5.72. The lowest BCUT2D eigenvalue weighted by Gasteiger charge is -2.29. The number of benzene rings is 3. The third-order valence-corrected chi connectivity index (χ3v) is 6.40. The Balaban J connectivity index is 1.77. The van der Waals surface area contributed by atoms with Gasteiger partial charge >= 0.3 is 5.97 Å². The monoisotopic (exact) mass is 464 g/mol. The number of rotatable bonds is 4. The highest BCUT2D eigenvalue weighted by atomic mass is 35.5. The average Bonchev–Trinajstić information content (AvgIpc) is 3.24.